The molecular weight excluding hydrogens is 1360 g/mol. The summed E-state index contributed by atoms with van der Waals surface area (Å²) in [6.45, 7) is 2.47. The largest absolute Gasteiger partial charge is 0.472 e. The standard InChI is InChI=1S/C87H150O16P2/c1-4-7-10-13-16-19-22-25-27-29-31-33-35-36-37-38-39-40-41-42-43-44-46-48-49-51-53-56-58-61-64-67-70-73-85(90)97-76-82(88)77-99-104(93,94)100-78-83(89)79-101-105(95,96)102-81-84(103-87(92)75-72-69-66-63-60-55-24-21-18-15-12-9-6-3)80-98-86(91)74-71-68-65-62-59-57-54-52-50-47-45-34-32-30-28-26-23-20-17-14-11-8-5-2/h7-8,10-11,16-17,19-20,25-28,31-34,36-37,39-40,47,50,82-84,88-89H,4-6,9,12-15,18,21-24,29-30,35,38,41-46,48-49,51-81H2,1-3H3,(H,93,94)(H,95,96)/b10-7-,11-8-,19-16-,20-17-,27-25-,28-26-,33-31-,34-32-,37-36-,40-39-,50-47-. The Morgan fingerprint density at radius 2 is 0.505 bits per heavy atom. The molecule has 604 valence electrons. The highest BCUT2D eigenvalue weighted by molar-refractivity contribution is 7.47. The average Bonchev–Trinajstić information content (AvgIpc) is 1.00. The smallest absolute Gasteiger partial charge is 0.463 e. The summed E-state index contributed by atoms with van der Waals surface area (Å²) < 4.78 is 61.2. The maximum Gasteiger partial charge on any atom is 0.472 e. The van der Waals surface area contributed by atoms with Crippen LogP contribution >= 0.6 is 15.6 Å². The number of ether oxygens (including phenoxy) is 3. The minimum Gasteiger partial charge on any atom is -0.463 e. The fraction of sp³-hybridized carbons (Fsp3) is 0.713. The number of unbranched alkanes of at least 4 members (excludes halogenated alkanes) is 33. The van der Waals surface area contributed by atoms with Gasteiger partial charge in [0.15, 0.2) is 6.10 Å². The van der Waals surface area contributed by atoms with E-state index in [9.17, 15) is 43.5 Å². The number of hydrogen-bond acceptors (Lipinski definition) is 14. The van der Waals surface area contributed by atoms with E-state index >= 15 is 0 Å². The van der Waals surface area contributed by atoms with Gasteiger partial charge in [0.2, 0.25) is 0 Å². The maximum atomic E-state index is 13.0. The fourth-order valence-corrected chi connectivity index (χ4v) is 12.7. The van der Waals surface area contributed by atoms with E-state index in [0.717, 1.165) is 167 Å². The number of phosphoric acid groups is 2. The maximum absolute atomic E-state index is 13.0. The van der Waals surface area contributed by atoms with Gasteiger partial charge in [-0.1, -0.05) is 341 Å². The number of carbonyl (C=O) groups is 3. The van der Waals surface area contributed by atoms with Crippen LogP contribution in [0.4, 0.5) is 0 Å². The lowest BCUT2D eigenvalue weighted by atomic mass is 10.0. The summed E-state index contributed by atoms with van der Waals surface area (Å²) in [5.74, 6) is -1.58. The van der Waals surface area contributed by atoms with E-state index in [1.54, 1.807) is 0 Å². The summed E-state index contributed by atoms with van der Waals surface area (Å²) in [5.41, 5.74) is 0. The van der Waals surface area contributed by atoms with E-state index in [-0.39, 0.29) is 19.3 Å². The van der Waals surface area contributed by atoms with Gasteiger partial charge in [0.05, 0.1) is 26.4 Å². The predicted molar refractivity (Wildman–Crippen MR) is 436 cm³/mol. The lowest BCUT2D eigenvalue weighted by Crippen LogP contribution is -2.30. The third kappa shape index (κ3) is 80.5. The van der Waals surface area contributed by atoms with Crippen molar-refractivity contribution in [3.05, 3.63) is 134 Å². The van der Waals surface area contributed by atoms with Gasteiger partial charge in [-0.2, -0.15) is 0 Å². The van der Waals surface area contributed by atoms with E-state index in [1.165, 1.54) is 116 Å². The molecule has 105 heavy (non-hydrogen) atoms. The number of rotatable bonds is 78. The summed E-state index contributed by atoms with van der Waals surface area (Å²) in [5, 5.41) is 20.7. The summed E-state index contributed by atoms with van der Waals surface area (Å²) >= 11 is 0. The van der Waals surface area contributed by atoms with Gasteiger partial charge in [-0.05, 0) is 116 Å². The highest BCUT2D eigenvalue weighted by atomic mass is 31.2. The molecule has 0 bridgehead atoms. The molecule has 0 aromatic carbocycles. The second-order valence-electron chi connectivity index (χ2n) is 27.5. The fourth-order valence-electron chi connectivity index (χ4n) is 11.1. The van der Waals surface area contributed by atoms with Crippen molar-refractivity contribution in [2.24, 2.45) is 0 Å². The number of phosphoric ester groups is 2. The van der Waals surface area contributed by atoms with Crippen LogP contribution in [0.15, 0.2) is 134 Å². The molecule has 0 aliphatic carbocycles. The lowest BCUT2D eigenvalue weighted by Gasteiger charge is -2.21. The van der Waals surface area contributed by atoms with Crippen LogP contribution in [-0.2, 0) is 55.8 Å². The Bertz CT molecular complexity index is 2440. The normalized spacial score (nSPS) is 14.6. The van der Waals surface area contributed by atoms with E-state index in [0.29, 0.717) is 19.3 Å². The number of carbonyl (C=O) groups excluding carboxylic acids is 3. The summed E-state index contributed by atoms with van der Waals surface area (Å²) in [6, 6.07) is 0. The Morgan fingerprint density at radius 3 is 0.800 bits per heavy atom. The molecule has 0 aliphatic heterocycles. The van der Waals surface area contributed by atoms with Crippen LogP contribution in [0.5, 0.6) is 0 Å². The highest BCUT2D eigenvalue weighted by Crippen LogP contribution is 2.45. The lowest BCUT2D eigenvalue weighted by molar-refractivity contribution is -0.161. The van der Waals surface area contributed by atoms with Gasteiger partial charge in [-0.25, -0.2) is 9.13 Å². The van der Waals surface area contributed by atoms with Gasteiger partial charge in [-0.15, -0.1) is 0 Å². The van der Waals surface area contributed by atoms with E-state index in [4.69, 9.17) is 32.3 Å². The van der Waals surface area contributed by atoms with Crippen LogP contribution in [0.3, 0.4) is 0 Å². The van der Waals surface area contributed by atoms with Crippen LogP contribution in [0.2, 0.25) is 0 Å². The molecule has 0 radical (unpaired) electrons. The molecule has 0 fully saturated rings. The first-order valence-corrected chi connectivity index (χ1v) is 44.5. The molecular formula is C87H150O16P2. The van der Waals surface area contributed by atoms with Crippen LogP contribution < -0.4 is 0 Å². The van der Waals surface area contributed by atoms with Crippen molar-refractivity contribution >= 4 is 33.6 Å². The molecule has 0 saturated heterocycles. The first-order chi connectivity index (χ1) is 51.2. The van der Waals surface area contributed by atoms with Crippen LogP contribution in [-0.4, -0.2) is 95.9 Å². The number of aliphatic hydroxyl groups is 2. The van der Waals surface area contributed by atoms with Gasteiger partial charge < -0.3 is 34.2 Å². The van der Waals surface area contributed by atoms with Crippen molar-refractivity contribution in [1.82, 2.24) is 0 Å². The van der Waals surface area contributed by atoms with Crippen LogP contribution in [0.25, 0.3) is 0 Å². The highest BCUT2D eigenvalue weighted by Gasteiger charge is 2.29. The Morgan fingerprint density at radius 1 is 0.276 bits per heavy atom. The Labute approximate surface area is 639 Å². The topological polar surface area (TPSA) is 231 Å². The molecule has 0 amide bonds. The second kappa shape index (κ2) is 79.2. The van der Waals surface area contributed by atoms with Crippen LogP contribution in [0.1, 0.15) is 342 Å². The predicted octanol–water partition coefficient (Wildman–Crippen LogP) is 24.7. The molecule has 18 heteroatoms. The van der Waals surface area contributed by atoms with Crippen LogP contribution in [0, 0.1) is 0 Å². The molecule has 5 unspecified atom stereocenters. The summed E-state index contributed by atoms with van der Waals surface area (Å²) in [7, 11) is -9.79. The van der Waals surface area contributed by atoms with E-state index in [1.807, 2.05) is 0 Å². The third-order valence-corrected chi connectivity index (χ3v) is 19.3. The number of esters is 3. The molecule has 0 rings (SSSR count). The van der Waals surface area contributed by atoms with Gasteiger partial charge >= 0.3 is 33.6 Å². The van der Waals surface area contributed by atoms with Gasteiger partial charge in [0.1, 0.15) is 25.4 Å². The van der Waals surface area contributed by atoms with Crippen molar-refractivity contribution < 1.29 is 75.8 Å². The SMILES string of the molecule is CC/C=C\C/C=C\C/C=C\C/C=C\C/C=C\C/C=C\CCCCCCCCCCCCCCCCC(=O)OCC(O)COP(=O)(O)OCC(O)COP(=O)(O)OCC(COC(=O)CCCCCCCCC/C=C\C/C=C\C/C=C\C/C=C\C/C=C\CC)OC(=O)CCCCCCCCCCCCCCC. The van der Waals surface area contributed by atoms with Crippen molar-refractivity contribution in [3.8, 4) is 0 Å². The molecule has 0 aromatic heterocycles. The molecule has 0 heterocycles. The Hall–Kier alpha value is -4.31. The monoisotopic (exact) mass is 1510 g/mol. The second-order valence-corrected chi connectivity index (χ2v) is 30.4. The molecule has 0 spiro atoms. The summed E-state index contributed by atoms with van der Waals surface area (Å²) in [6.07, 6.45) is 96.5. The van der Waals surface area contributed by atoms with Crippen molar-refractivity contribution in [1.29, 1.82) is 0 Å². The zero-order valence-corrected chi connectivity index (χ0v) is 67.9. The molecule has 4 N–H and O–H groups in total. The first kappa shape index (κ1) is 101. The molecule has 0 aliphatic rings. The molecule has 5 atom stereocenters. The number of allylic oxidation sites excluding steroid dienone is 22. The van der Waals surface area contributed by atoms with Gasteiger partial charge in [-0.3, -0.25) is 32.5 Å². The molecule has 0 saturated carbocycles. The van der Waals surface area contributed by atoms with E-state index in [2.05, 4.69) is 154 Å². The zero-order chi connectivity index (χ0) is 76.6. The van der Waals surface area contributed by atoms with Crippen molar-refractivity contribution in [2.45, 2.75) is 360 Å². The minimum atomic E-state index is -4.93. The van der Waals surface area contributed by atoms with Gasteiger partial charge in [0, 0.05) is 19.3 Å². The number of aliphatic hydroxyl groups excluding tert-OH is 2. The summed E-state index contributed by atoms with van der Waals surface area (Å²) in [4.78, 5) is 58.7. The van der Waals surface area contributed by atoms with E-state index < -0.39 is 91.5 Å². The minimum absolute atomic E-state index is 0.104. The molecule has 16 nitrogen and oxygen atoms in total. The number of hydrogen-bond donors (Lipinski definition) is 4. The average molecular weight is 1510 g/mol. The van der Waals surface area contributed by atoms with Crippen molar-refractivity contribution in [3.63, 3.8) is 0 Å². The Kier molecular flexibility index (Phi) is 76.0. The first-order valence-electron chi connectivity index (χ1n) is 41.5. The molecule has 0 aromatic rings. The zero-order valence-electron chi connectivity index (χ0n) is 66.1. The third-order valence-electron chi connectivity index (χ3n) is 17.4. The van der Waals surface area contributed by atoms with Crippen molar-refractivity contribution in [2.75, 3.05) is 39.6 Å². The van der Waals surface area contributed by atoms with Gasteiger partial charge in [0.25, 0.3) is 0 Å². The quantitative estimate of drug-likeness (QED) is 0.0146. The Balaban J connectivity index is 4.44.